The normalized spacial score (nSPS) is 11.6. The summed E-state index contributed by atoms with van der Waals surface area (Å²) in [7, 11) is 0. The Kier molecular flexibility index (Phi) is 4.90. The molecule has 0 saturated heterocycles. The van der Waals surface area contributed by atoms with E-state index >= 15 is 0 Å². The lowest BCUT2D eigenvalue weighted by molar-refractivity contribution is -0.137. The average Bonchev–Trinajstić information content (AvgIpc) is 2.46. The maximum atomic E-state index is 12.6. The molecule has 1 N–H and O–H groups in total. The first-order chi connectivity index (χ1) is 9.99. The van der Waals surface area contributed by atoms with Gasteiger partial charge in [0.25, 0.3) is 0 Å². The SMILES string of the molecule is CCNCc1cnc(Cc2cccc(C(F)(F)F)c2)nc1. The van der Waals surface area contributed by atoms with E-state index in [1.54, 1.807) is 18.5 Å². The van der Waals surface area contributed by atoms with Gasteiger partial charge in [-0.3, -0.25) is 0 Å². The summed E-state index contributed by atoms with van der Waals surface area (Å²) in [4.78, 5) is 8.37. The van der Waals surface area contributed by atoms with Crippen molar-refractivity contribution in [3.63, 3.8) is 0 Å². The molecule has 1 aromatic heterocycles. The number of hydrogen-bond donors (Lipinski definition) is 1. The van der Waals surface area contributed by atoms with Gasteiger partial charge in [0.1, 0.15) is 5.82 Å². The number of benzene rings is 1. The first-order valence-electron chi connectivity index (χ1n) is 6.65. The Labute approximate surface area is 121 Å². The molecule has 0 spiro atoms. The highest BCUT2D eigenvalue weighted by atomic mass is 19.4. The van der Waals surface area contributed by atoms with Crippen molar-refractivity contribution >= 4 is 0 Å². The molecule has 0 radical (unpaired) electrons. The van der Waals surface area contributed by atoms with Gasteiger partial charge in [0.15, 0.2) is 0 Å². The summed E-state index contributed by atoms with van der Waals surface area (Å²) in [5, 5.41) is 3.15. The van der Waals surface area contributed by atoms with Crippen molar-refractivity contribution < 1.29 is 13.2 Å². The monoisotopic (exact) mass is 295 g/mol. The molecule has 0 amide bonds. The van der Waals surface area contributed by atoms with Gasteiger partial charge in [0.05, 0.1) is 5.56 Å². The quantitative estimate of drug-likeness (QED) is 0.920. The van der Waals surface area contributed by atoms with Gasteiger partial charge in [0, 0.05) is 30.9 Å². The van der Waals surface area contributed by atoms with Gasteiger partial charge in [-0.1, -0.05) is 25.1 Å². The van der Waals surface area contributed by atoms with Crippen LogP contribution in [0.4, 0.5) is 13.2 Å². The van der Waals surface area contributed by atoms with Crippen LogP contribution in [-0.4, -0.2) is 16.5 Å². The molecule has 1 heterocycles. The van der Waals surface area contributed by atoms with Crippen molar-refractivity contribution in [2.75, 3.05) is 6.54 Å². The summed E-state index contributed by atoms with van der Waals surface area (Å²) in [5.41, 5.74) is 0.845. The van der Waals surface area contributed by atoms with Gasteiger partial charge < -0.3 is 5.32 Å². The van der Waals surface area contributed by atoms with Gasteiger partial charge >= 0.3 is 6.18 Å². The van der Waals surface area contributed by atoms with E-state index in [0.717, 1.165) is 24.2 Å². The van der Waals surface area contributed by atoms with Crippen molar-refractivity contribution in [3.05, 3.63) is 59.2 Å². The molecule has 0 saturated carbocycles. The predicted octanol–water partition coefficient (Wildman–Crippen LogP) is 3.20. The van der Waals surface area contributed by atoms with Crippen molar-refractivity contribution in [1.29, 1.82) is 0 Å². The van der Waals surface area contributed by atoms with Crippen molar-refractivity contribution in [2.45, 2.75) is 26.1 Å². The van der Waals surface area contributed by atoms with Gasteiger partial charge in [0.2, 0.25) is 0 Å². The fourth-order valence-electron chi connectivity index (χ4n) is 1.87. The van der Waals surface area contributed by atoms with Crippen LogP contribution in [0.15, 0.2) is 36.7 Å². The zero-order chi connectivity index (χ0) is 15.3. The van der Waals surface area contributed by atoms with E-state index < -0.39 is 11.7 Å². The molecule has 0 bridgehead atoms. The first kappa shape index (κ1) is 15.4. The van der Waals surface area contributed by atoms with Crippen LogP contribution in [0, 0.1) is 0 Å². The Bertz CT molecular complexity index is 579. The largest absolute Gasteiger partial charge is 0.416 e. The molecular formula is C15H16F3N3. The molecule has 0 atom stereocenters. The van der Waals surface area contributed by atoms with E-state index in [-0.39, 0.29) is 6.42 Å². The lowest BCUT2D eigenvalue weighted by Crippen LogP contribution is -2.12. The third-order valence-corrected chi connectivity index (χ3v) is 2.95. The minimum atomic E-state index is -4.33. The second-order valence-electron chi connectivity index (χ2n) is 4.66. The molecule has 2 aromatic rings. The van der Waals surface area contributed by atoms with Crippen molar-refractivity contribution in [1.82, 2.24) is 15.3 Å². The Hall–Kier alpha value is -1.95. The summed E-state index contributed by atoms with van der Waals surface area (Å²) in [5.74, 6) is 0.509. The summed E-state index contributed by atoms with van der Waals surface area (Å²) in [6, 6.07) is 5.24. The molecule has 6 heteroatoms. The van der Waals surface area contributed by atoms with Gasteiger partial charge in [-0.2, -0.15) is 13.2 Å². The van der Waals surface area contributed by atoms with E-state index in [4.69, 9.17) is 0 Å². The van der Waals surface area contributed by atoms with E-state index in [1.807, 2.05) is 6.92 Å². The Balaban J connectivity index is 2.08. The van der Waals surface area contributed by atoms with Crippen LogP contribution in [-0.2, 0) is 19.1 Å². The van der Waals surface area contributed by atoms with Crippen LogP contribution >= 0.6 is 0 Å². The molecule has 3 nitrogen and oxygen atoms in total. The summed E-state index contributed by atoms with van der Waals surface area (Å²) in [6.07, 6.45) is -0.658. The van der Waals surface area contributed by atoms with Crippen molar-refractivity contribution in [3.8, 4) is 0 Å². The highest BCUT2D eigenvalue weighted by molar-refractivity contribution is 5.27. The topological polar surface area (TPSA) is 37.8 Å². The molecule has 2 rings (SSSR count). The maximum Gasteiger partial charge on any atom is 0.416 e. The molecule has 0 unspecified atom stereocenters. The molecule has 0 fully saturated rings. The number of rotatable bonds is 5. The summed E-state index contributed by atoms with van der Waals surface area (Å²) >= 11 is 0. The van der Waals surface area contributed by atoms with Crippen LogP contribution in [0.3, 0.4) is 0 Å². The molecule has 0 aliphatic rings. The summed E-state index contributed by atoms with van der Waals surface area (Å²) in [6.45, 7) is 3.54. The zero-order valence-corrected chi connectivity index (χ0v) is 11.6. The van der Waals surface area contributed by atoms with Crippen LogP contribution in [0.5, 0.6) is 0 Å². The fourth-order valence-corrected chi connectivity index (χ4v) is 1.87. The number of nitrogens with one attached hydrogen (secondary N) is 1. The number of halogens is 3. The van der Waals surface area contributed by atoms with E-state index in [1.165, 1.54) is 6.07 Å². The fraction of sp³-hybridized carbons (Fsp3) is 0.333. The smallest absolute Gasteiger partial charge is 0.313 e. The summed E-state index contributed by atoms with van der Waals surface area (Å²) < 4.78 is 37.9. The Morgan fingerprint density at radius 3 is 2.43 bits per heavy atom. The zero-order valence-electron chi connectivity index (χ0n) is 11.6. The number of alkyl halides is 3. The lowest BCUT2D eigenvalue weighted by atomic mass is 10.1. The van der Waals surface area contributed by atoms with Gasteiger partial charge in [-0.05, 0) is 18.2 Å². The van der Waals surface area contributed by atoms with Gasteiger partial charge in [-0.25, -0.2) is 9.97 Å². The van der Waals surface area contributed by atoms with Crippen LogP contribution in [0.1, 0.15) is 29.4 Å². The molecule has 1 aromatic carbocycles. The third kappa shape index (κ3) is 4.53. The second kappa shape index (κ2) is 6.67. The van der Waals surface area contributed by atoms with E-state index in [2.05, 4.69) is 15.3 Å². The maximum absolute atomic E-state index is 12.6. The van der Waals surface area contributed by atoms with Crippen LogP contribution in [0.2, 0.25) is 0 Å². The van der Waals surface area contributed by atoms with Crippen LogP contribution in [0.25, 0.3) is 0 Å². The first-order valence-corrected chi connectivity index (χ1v) is 6.65. The lowest BCUT2D eigenvalue weighted by Gasteiger charge is -2.08. The number of aromatic nitrogens is 2. The third-order valence-electron chi connectivity index (χ3n) is 2.95. The highest BCUT2D eigenvalue weighted by Crippen LogP contribution is 2.29. The molecule has 0 aliphatic heterocycles. The van der Waals surface area contributed by atoms with Gasteiger partial charge in [-0.15, -0.1) is 0 Å². The number of hydrogen-bond acceptors (Lipinski definition) is 3. The van der Waals surface area contributed by atoms with Crippen molar-refractivity contribution in [2.24, 2.45) is 0 Å². The van der Waals surface area contributed by atoms with E-state index in [0.29, 0.717) is 17.9 Å². The van der Waals surface area contributed by atoms with E-state index in [9.17, 15) is 13.2 Å². The average molecular weight is 295 g/mol. The Morgan fingerprint density at radius 2 is 1.81 bits per heavy atom. The Morgan fingerprint density at radius 1 is 1.10 bits per heavy atom. The predicted molar refractivity (Wildman–Crippen MR) is 73.7 cm³/mol. The number of nitrogens with zero attached hydrogens (tertiary/aromatic N) is 2. The standard InChI is InChI=1S/C15H16F3N3/c1-2-19-8-12-9-20-14(21-10-12)7-11-4-3-5-13(6-11)15(16,17)18/h3-6,9-10,19H,2,7-8H2,1H3. The molecule has 0 aliphatic carbocycles. The minimum absolute atomic E-state index is 0.283. The highest BCUT2D eigenvalue weighted by Gasteiger charge is 2.30. The minimum Gasteiger partial charge on any atom is -0.313 e. The second-order valence-corrected chi connectivity index (χ2v) is 4.66. The van der Waals surface area contributed by atoms with Crippen LogP contribution < -0.4 is 5.32 Å². The molecular weight excluding hydrogens is 279 g/mol. The molecule has 21 heavy (non-hydrogen) atoms. The molecule has 112 valence electrons.